The third-order valence-corrected chi connectivity index (χ3v) is 20.6. The van der Waals surface area contributed by atoms with Crippen molar-refractivity contribution in [1.82, 2.24) is 37.4 Å². The molecule has 8 nitrogen and oxygen atoms in total. The van der Waals surface area contributed by atoms with Gasteiger partial charge in [0.2, 0.25) is 0 Å². The standard InChI is InChI=1S/2C16H34N4P.BrH.ClH/c2*1-3-17(4-2)21(18-11-5-6-12-18,19-13-7-8-14-19)20-15-9-10-16-20;;/h2*3-16H2,1-2H3;2*1H/q2*+1;;/p-2. The van der Waals surface area contributed by atoms with Crippen LogP contribution in [0.2, 0.25) is 0 Å². The fourth-order valence-corrected chi connectivity index (χ4v) is 19.9. The number of hydrogen-bond donors (Lipinski definition) is 0. The van der Waals surface area contributed by atoms with E-state index in [0.717, 1.165) is 0 Å². The molecule has 0 spiro atoms. The third-order valence-electron chi connectivity index (χ3n) is 11.0. The van der Waals surface area contributed by atoms with Crippen LogP contribution in [-0.4, -0.2) is 142 Å². The van der Waals surface area contributed by atoms with Crippen molar-refractivity contribution in [3.8, 4) is 0 Å². The van der Waals surface area contributed by atoms with Crippen LogP contribution in [0.15, 0.2) is 0 Å². The van der Waals surface area contributed by atoms with Gasteiger partial charge in [-0.3, -0.25) is 0 Å². The second-order valence-corrected chi connectivity index (χ2v) is 20.0. The minimum Gasteiger partial charge on any atom is -1.00 e. The lowest BCUT2D eigenvalue weighted by Gasteiger charge is -2.48. The van der Waals surface area contributed by atoms with E-state index < -0.39 is 15.7 Å². The van der Waals surface area contributed by atoms with Crippen LogP contribution < -0.4 is 29.4 Å². The molecular formula is C32H68BrClN8P2. The SMILES string of the molecule is CCN(CC)[P+](N1CCCC1)(N1CCCC1)N1CCCC1.CCN(CC)[P+](N1CCCC1)(N1CCCC1)N1CCCC1.[Br-].[Cl-]. The molecule has 260 valence electrons. The smallest absolute Gasteiger partial charge is 0.308 e. The van der Waals surface area contributed by atoms with Crippen LogP contribution in [0, 0.1) is 0 Å². The molecule has 0 atom stereocenters. The zero-order valence-electron chi connectivity index (χ0n) is 29.0. The fraction of sp³-hybridized carbons (Fsp3) is 1.00. The molecule has 0 saturated carbocycles. The van der Waals surface area contributed by atoms with Crippen molar-refractivity contribution in [2.45, 2.75) is 105 Å². The number of nitrogens with zero attached hydrogens (tertiary/aromatic N) is 8. The Morgan fingerprint density at radius 2 is 0.477 bits per heavy atom. The summed E-state index contributed by atoms with van der Waals surface area (Å²) in [4.78, 5) is 0. The predicted molar refractivity (Wildman–Crippen MR) is 185 cm³/mol. The van der Waals surface area contributed by atoms with Gasteiger partial charge in [0, 0.05) is 105 Å². The van der Waals surface area contributed by atoms with E-state index in [4.69, 9.17) is 0 Å². The number of hydrogen-bond acceptors (Lipinski definition) is 8. The summed E-state index contributed by atoms with van der Waals surface area (Å²) in [7, 11) is -2.83. The minimum atomic E-state index is -1.42. The highest BCUT2D eigenvalue weighted by Crippen LogP contribution is 2.73. The molecule has 6 heterocycles. The lowest BCUT2D eigenvalue weighted by Crippen LogP contribution is -3.00. The van der Waals surface area contributed by atoms with Crippen LogP contribution in [0.4, 0.5) is 0 Å². The molecule has 0 aromatic carbocycles. The first-order valence-electron chi connectivity index (χ1n) is 18.5. The fourth-order valence-electron chi connectivity index (χ4n) is 9.17. The van der Waals surface area contributed by atoms with E-state index in [9.17, 15) is 0 Å². The Hall–Kier alpha value is 1.31. The molecule has 6 rings (SSSR count). The highest BCUT2D eigenvalue weighted by atomic mass is 79.9. The molecule has 6 fully saturated rings. The van der Waals surface area contributed by atoms with E-state index in [1.165, 1.54) is 182 Å². The minimum absolute atomic E-state index is 0. The first-order chi connectivity index (χ1) is 20.7. The van der Waals surface area contributed by atoms with E-state index in [0.29, 0.717) is 0 Å². The van der Waals surface area contributed by atoms with E-state index in [2.05, 4.69) is 65.1 Å². The molecule has 0 amide bonds. The summed E-state index contributed by atoms with van der Waals surface area (Å²) in [5, 5.41) is 0. The molecular weight excluding hydrogens is 674 g/mol. The van der Waals surface area contributed by atoms with Crippen molar-refractivity contribution in [1.29, 1.82) is 0 Å². The maximum atomic E-state index is 2.93. The van der Waals surface area contributed by atoms with Gasteiger partial charge in [-0.05, 0) is 105 Å². The van der Waals surface area contributed by atoms with Crippen molar-refractivity contribution >= 4 is 15.7 Å². The van der Waals surface area contributed by atoms with Crippen molar-refractivity contribution in [3.63, 3.8) is 0 Å². The zero-order valence-corrected chi connectivity index (χ0v) is 33.2. The van der Waals surface area contributed by atoms with E-state index in [-0.39, 0.29) is 29.4 Å². The van der Waals surface area contributed by atoms with Crippen LogP contribution >= 0.6 is 15.7 Å². The maximum absolute atomic E-state index is 2.93. The highest BCUT2D eigenvalue weighted by molar-refractivity contribution is 7.67. The normalized spacial score (nSPS) is 25.2. The van der Waals surface area contributed by atoms with Gasteiger partial charge in [-0.15, -0.1) is 37.4 Å². The second-order valence-electron chi connectivity index (χ2n) is 13.3. The summed E-state index contributed by atoms with van der Waals surface area (Å²) in [6.07, 6.45) is 16.9. The Balaban J connectivity index is 0.000000230. The van der Waals surface area contributed by atoms with Crippen LogP contribution in [0.25, 0.3) is 0 Å². The molecule has 0 aromatic heterocycles. The van der Waals surface area contributed by atoms with E-state index in [1.807, 2.05) is 0 Å². The Labute approximate surface area is 290 Å². The third kappa shape index (κ3) is 7.86. The van der Waals surface area contributed by atoms with Crippen molar-refractivity contribution in [2.24, 2.45) is 0 Å². The summed E-state index contributed by atoms with van der Waals surface area (Å²) in [6, 6.07) is 0. The van der Waals surface area contributed by atoms with Crippen LogP contribution in [-0.2, 0) is 0 Å². The monoisotopic (exact) mass is 740 g/mol. The van der Waals surface area contributed by atoms with Crippen LogP contribution in [0.1, 0.15) is 105 Å². The summed E-state index contributed by atoms with van der Waals surface area (Å²) < 4.78 is 23.3. The number of halogens is 2. The largest absolute Gasteiger partial charge is 1.00 e. The molecule has 12 heteroatoms. The van der Waals surface area contributed by atoms with Gasteiger partial charge in [0.1, 0.15) is 0 Å². The maximum Gasteiger partial charge on any atom is 0.308 e. The molecule has 6 aliphatic rings. The molecule has 0 unspecified atom stereocenters. The summed E-state index contributed by atoms with van der Waals surface area (Å²) in [5.74, 6) is 0. The van der Waals surface area contributed by atoms with Gasteiger partial charge in [0.25, 0.3) is 0 Å². The average Bonchev–Trinajstić information content (AvgIpc) is 3.88. The van der Waals surface area contributed by atoms with Gasteiger partial charge in [-0.25, -0.2) is 0 Å². The predicted octanol–water partition coefficient (Wildman–Crippen LogP) is 0.594. The van der Waals surface area contributed by atoms with Gasteiger partial charge in [-0.2, -0.15) is 0 Å². The van der Waals surface area contributed by atoms with Gasteiger partial charge >= 0.3 is 15.7 Å². The Morgan fingerprint density at radius 1 is 0.341 bits per heavy atom. The van der Waals surface area contributed by atoms with Gasteiger partial charge in [0.15, 0.2) is 0 Å². The van der Waals surface area contributed by atoms with E-state index >= 15 is 0 Å². The molecule has 0 radical (unpaired) electrons. The summed E-state index contributed by atoms with van der Waals surface area (Å²) in [5.41, 5.74) is 0. The first-order valence-corrected chi connectivity index (χ1v) is 21.7. The zero-order chi connectivity index (χ0) is 29.4. The number of rotatable bonds is 12. The van der Waals surface area contributed by atoms with Gasteiger partial charge in [0.05, 0.1) is 0 Å². The van der Waals surface area contributed by atoms with Crippen molar-refractivity contribution in [3.05, 3.63) is 0 Å². The van der Waals surface area contributed by atoms with Crippen molar-refractivity contribution in [2.75, 3.05) is 105 Å². The Bertz CT molecular complexity index is 617. The topological polar surface area (TPSA) is 25.9 Å². The molecule has 0 N–H and O–H groups in total. The highest BCUT2D eigenvalue weighted by Gasteiger charge is 2.63. The average molecular weight is 742 g/mol. The second kappa shape index (κ2) is 19.5. The first kappa shape index (κ1) is 39.7. The molecule has 0 aromatic rings. The summed E-state index contributed by atoms with van der Waals surface area (Å²) >= 11 is 0. The van der Waals surface area contributed by atoms with E-state index in [1.54, 1.807) is 0 Å². The molecule has 6 aliphatic heterocycles. The van der Waals surface area contributed by atoms with Crippen LogP contribution in [0.3, 0.4) is 0 Å². The summed E-state index contributed by atoms with van der Waals surface area (Å²) in [6.45, 7) is 30.3. The molecule has 0 bridgehead atoms. The Morgan fingerprint density at radius 3 is 0.591 bits per heavy atom. The van der Waals surface area contributed by atoms with Crippen LogP contribution in [0.5, 0.6) is 0 Å². The van der Waals surface area contributed by atoms with Gasteiger partial charge in [-0.1, -0.05) is 0 Å². The lowest BCUT2D eigenvalue weighted by molar-refractivity contribution is -0.001000. The quantitative estimate of drug-likeness (QED) is 0.269. The molecule has 0 aliphatic carbocycles. The van der Waals surface area contributed by atoms with Crippen molar-refractivity contribution < 1.29 is 29.4 Å². The van der Waals surface area contributed by atoms with Gasteiger partial charge < -0.3 is 29.4 Å². The molecule has 6 saturated heterocycles. The lowest BCUT2D eigenvalue weighted by atomic mass is 10.4. The Kier molecular flexibility index (Phi) is 17.6. The molecule has 44 heavy (non-hydrogen) atoms.